The Bertz CT molecular complexity index is 553. The van der Waals surface area contributed by atoms with Crippen LogP contribution >= 0.6 is 11.3 Å². The molecule has 2 aromatic heterocycles. The van der Waals surface area contributed by atoms with E-state index in [4.69, 9.17) is 4.74 Å². The Morgan fingerprint density at radius 3 is 3.11 bits per heavy atom. The van der Waals surface area contributed by atoms with Crippen molar-refractivity contribution >= 4 is 11.3 Å². The van der Waals surface area contributed by atoms with Crippen molar-refractivity contribution in [3.63, 3.8) is 0 Å². The predicted octanol–water partition coefficient (Wildman–Crippen LogP) is 1.90. The Morgan fingerprint density at radius 1 is 1.42 bits per heavy atom. The summed E-state index contributed by atoms with van der Waals surface area (Å²) >= 11 is 1.62. The summed E-state index contributed by atoms with van der Waals surface area (Å²) in [4.78, 5) is 4.05. The third-order valence-electron chi connectivity index (χ3n) is 3.05. The maximum absolute atomic E-state index is 5.29. The summed E-state index contributed by atoms with van der Waals surface area (Å²) in [5.74, 6) is 0.737. The van der Waals surface area contributed by atoms with Crippen LogP contribution < -0.4 is 10.1 Å². The molecule has 1 aliphatic rings. The van der Waals surface area contributed by atoms with Crippen LogP contribution in [0.5, 0.6) is 5.75 Å². The van der Waals surface area contributed by atoms with Gasteiger partial charge in [-0.2, -0.15) is 0 Å². The smallest absolute Gasteiger partial charge is 0.151 e. The summed E-state index contributed by atoms with van der Waals surface area (Å²) in [5.41, 5.74) is 0.955. The molecule has 0 aromatic carbocycles. The number of nitrogens with zero attached hydrogens (tertiary/aromatic N) is 3. The van der Waals surface area contributed by atoms with Gasteiger partial charge in [0.2, 0.25) is 0 Å². The van der Waals surface area contributed by atoms with Crippen LogP contribution in [0.25, 0.3) is 10.6 Å². The molecule has 100 valence electrons. The summed E-state index contributed by atoms with van der Waals surface area (Å²) in [7, 11) is 1.64. The van der Waals surface area contributed by atoms with Crippen molar-refractivity contribution in [3.8, 4) is 16.3 Å². The molecule has 1 fully saturated rings. The van der Waals surface area contributed by atoms with Crippen molar-refractivity contribution in [1.82, 2.24) is 20.5 Å². The van der Waals surface area contributed by atoms with E-state index < -0.39 is 0 Å². The summed E-state index contributed by atoms with van der Waals surface area (Å²) < 4.78 is 5.29. The first-order chi connectivity index (χ1) is 9.36. The molecule has 2 heterocycles. The van der Waals surface area contributed by atoms with Crippen LogP contribution in [0.4, 0.5) is 0 Å². The van der Waals surface area contributed by atoms with E-state index in [0.29, 0.717) is 0 Å². The zero-order chi connectivity index (χ0) is 13.1. The second-order valence-electron chi connectivity index (χ2n) is 4.56. The van der Waals surface area contributed by atoms with E-state index in [0.717, 1.165) is 40.3 Å². The maximum atomic E-state index is 5.29. The summed E-state index contributed by atoms with van der Waals surface area (Å²) in [6, 6.07) is 2.65. The molecule has 1 aliphatic carbocycles. The summed E-state index contributed by atoms with van der Waals surface area (Å²) in [5, 5.41) is 13.9. The molecule has 0 spiro atoms. The van der Waals surface area contributed by atoms with E-state index in [1.165, 1.54) is 12.8 Å². The molecular formula is C13H16N4OS. The van der Waals surface area contributed by atoms with Crippen molar-refractivity contribution in [2.75, 3.05) is 13.7 Å². The number of pyridine rings is 1. The van der Waals surface area contributed by atoms with Gasteiger partial charge in [-0.25, -0.2) is 0 Å². The minimum atomic E-state index is 0.737. The lowest BCUT2D eigenvalue weighted by Gasteiger charge is -2.03. The van der Waals surface area contributed by atoms with Gasteiger partial charge in [-0.05, 0) is 18.9 Å². The van der Waals surface area contributed by atoms with Crippen LogP contribution in [0.15, 0.2) is 18.5 Å². The van der Waals surface area contributed by atoms with E-state index in [1.807, 2.05) is 6.07 Å². The Labute approximate surface area is 116 Å². The SMILES string of the molecule is COc1cnccc1-c1nnc(CCNC2CC2)s1. The van der Waals surface area contributed by atoms with Crippen LogP contribution in [-0.2, 0) is 6.42 Å². The first-order valence-electron chi connectivity index (χ1n) is 6.41. The van der Waals surface area contributed by atoms with Crippen molar-refractivity contribution in [2.45, 2.75) is 25.3 Å². The van der Waals surface area contributed by atoms with Crippen LogP contribution in [0.3, 0.4) is 0 Å². The van der Waals surface area contributed by atoms with Crippen LogP contribution in [0.2, 0.25) is 0 Å². The highest BCUT2D eigenvalue weighted by Crippen LogP contribution is 2.31. The first kappa shape index (κ1) is 12.5. The molecule has 3 rings (SSSR count). The molecule has 0 atom stereocenters. The largest absolute Gasteiger partial charge is 0.494 e. The normalized spacial score (nSPS) is 14.6. The lowest BCUT2D eigenvalue weighted by atomic mass is 10.2. The first-order valence-corrected chi connectivity index (χ1v) is 7.22. The minimum Gasteiger partial charge on any atom is -0.494 e. The number of hydrogen-bond donors (Lipinski definition) is 1. The standard InChI is InChI=1S/C13H16N4OS/c1-18-11-8-14-6-4-10(11)13-17-16-12(19-13)5-7-15-9-2-3-9/h4,6,8-9,15H,2-3,5,7H2,1H3. The number of methoxy groups -OCH3 is 1. The molecule has 0 unspecified atom stereocenters. The highest BCUT2D eigenvalue weighted by Gasteiger charge is 2.20. The molecule has 0 amide bonds. The Morgan fingerprint density at radius 2 is 2.32 bits per heavy atom. The van der Waals surface area contributed by atoms with Crippen molar-refractivity contribution in [2.24, 2.45) is 0 Å². The Kier molecular flexibility index (Phi) is 3.70. The van der Waals surface area contributed by atoms with Gasteiger partial charge in [0.15, 0.2) is 5.01 Å². The molecule has 1 N–H and O–H groups in total. The summed E-state index contributed by atoms with van der Waals surface area (Å²) in [6.07, 6.45) is 7.01. The fourth-order valence-corrected chi connectivity index (χ4v) is 2.72. The van der Waals surface area contributed by atoms with Gasteiger partial charge in [0.25, 0.3) is 0 Å². The number of aromatic nitrogens is 3. The highest BCUT2D eigenvalue weighted by molar-refractivity contribution is 7.14. The highest BCUT2D eigenvalue weighted by atomic mass is 32.1. The number of hydrogen-bond acceptors (Lipinski definition) is 6. The fourth-order valence-electron chi connectivity index (χ4n) is 1.85. The topological polar surface area (TPSA) is 59.9 Å². The fraction of sp³-hybridized carbons (Fsp3) is 0.462. The van der Waals surface area contributed by atoms with Crippen molar-refractivity contribution < 1.29 is 4.74 Å². The van der Waals surface area contributed by atoms with Gasteiger partial charge >= 0.3 is 0 Å². The van der Waals surface area contributed by atoms with Gasteiger partial charge in [0.1, 0.15) is 10.8 Å². The van der Waals surface area contributed by atoms with Gasteiger partial charge in [-0.3, -0.25) is 4.98 Å². The van der Waals surface area contributed by atoms with Gasteiger partial charge in [0.05, 0.1) is 18.9 Å². The molecule has 5 nitrogen and oxygen atoms in total. The second kappa shape index (κ2) is 5.63. The van der Waals surface area contributed by atoms with E-state index in [-0.39, 0.29) is 0 Å². The average molecular weight is 276 g/mol. The van der Waals surface area contributed by atoms with E-state index >= 15 is 0 Å². The summed E-state index contributed by atoms with van der Waals surface area (Å²) in [6.45, 7) is 0.979. The van der Waals surface area contributed by atoms with Gasteiger partial charge in [-0.15, -0.1) is 10.2 Å². The zero-order valence-corrected chi connectivity index (χ0v) is 11.6. The maximum Gasteiger partial charge on any atom is 0.151 e. The average Bonchev–Trinajstić information content (AvgIpc) is 3.15. The molecule has 1 saturated carbocycles. The number of rotatable bonds is 6. The minimum absolute atomic E-state index is 0.737. The molecule has 19 heavy (non-hydrogen) atoms. The lowest BCUT2D eigenvalue weighted by Crippen LogP contribution is -2.19. The third kappa shape index (κ3) is 3.08. The molecule has 2 aromatic rings. The Hall–Kier alpha value is -1.53. The molecule has 0 aliphatic heterocycles. The molecular weight excluding hydrogens is 260 g/mol. The zero-order valence-electron chi connectivity index (χ0n) is 10.8. The van der Waals surface area contributed by atoms with E-state index in [2.05, 4.69) is 20.5 Å². The van der Waals surface area contributed by atoms with Crippen LogP contribution in [0, 0.1) is 0 Å². The van der Waals surface area contributed by atoms with Gasteiger partial charge in [0, 0.05) is 25.2 Å². The molecule has 0 bridgehead atoms. The van der Waals surface area contributed by atoms with Gasteiger partial charge in [-0.1, -0.05) is 11.3 Å². The van der Waals surface area contributed by atoms with Crippen molar-refractivity contribution in [3.05, 3.63) is 23.5 Å². The number of nitrogens with one attached hydrogen (secondary N) is 1. The quantitative estimate of drug-likeness (QED) is 0.873. The van der Waals surface area contributed by atoms with E-state index in [9.17, 15) is 0 Å². The number of ether oxygens (including phenoxy) is 1. The van der Waals surface area contributed by atoms with Crippen LogP contribution in [-0.4, -0.2) is 34.9 Å². The lowest BCUT2D eigenvalue weighted by molar-refractivity contribution is 0.414. The predicted molar refractivity (Wildman–Crippen MR) is 74.4 cm³/mol. The van der Waals surface area contributed by atoms with Gasteiger partial charge < -0.3 is 10.1 Å². The molecule has 0 radical (unpaired) electrons. The molecule has 6 heteroatoms. The third-order valence-corrected chi connectivity index (χ3v) is 4.07. The van der Waals surface area contributed by atoms with Crippen molar-refractivity contribution in [1.29, 1.82) is 0 Å². The monoisotopic (exact) mass is 276 g/mol. The second-order valence-corrected chi connectivity index (χ2v) is 5.62. The van der Waals surface area contributed by atoms with Crippen LogP contribution in [0.1, 0.15) is 17.8 Å². The Balaban J connectivity index is 1.68. The molecule has 0 saturated heterocycles. The van der Waals surface area contributed by atoms with E-state index in [1.54, 1.807) is 30.8 Å².